The average molecular weight is 279 g/mol. The van der Waals surface area contributed by atoms with Gasteiger partial charge in [-0.15, -0.1) is 12.6 Å². The minimum Gasteiger partial charge on any atom is -0.402 e. The van der Waals surface area contributed by atoms with E-state index in [-0.39, 0.29) is 0 Å². The standard InChI is InChI=1S/C18H17NS/c19-17-11-10-14(15-8-4-5-9-18(15)20)12-16(17)13-6-2-1-3-7-13/h1-9,12,20H,10-11,19H2. The molecule has 20 heavy (non-hydrogen) atoms. The van der Waals surface area contributed by atoms with Gasteiger partial charge in [0, 0.05) is 16.2 Å². The Labute approximate surface area is 125 Å². The monoisotopic (exact) mass is 279 g/mol. The maximum atomic E-state index is 6.21. The molecule has 0 bridgehead atoms. The molecule has 0 heterocycles. The maximum absolute atomic E-state index is 6.21. The predicted molar refractivity (Wildman–Crippen MR) is 88.5 cm³/mol. The molecule has 0 aliphatic heterocycles. The van der Waals surface area contributed by atoms with Crippen molar-refractivity contribution >= 4 is 23.8 Å². The van der Waals surface area contributed by atoms with E-state index in [4.69, 9.17) is 5.73 Å². The summed E-state index contributed by atoms with van der Waals surface area (Å²) < 4.78 is 0. The van der Waals surface area contributed by atoms with Gasteiger partial charge in [-0.2, -0.15) is 0 Å². The van der Waals surface area contributed by atoms with Gasteiger partial charge in [-0.25, -0.2) is 0 Å². The lowest BCUT2D eigenvalue weighted by molar-refractivity contribution is 0.961. The van der Waals surface area contributed by atoms with Gasteiger partial charge in [-0.05, 0) is 41.7 Å². The second-order valence-electron chi connectivity index (χ2n) is 4.99. The first kappa shape index (κ1) is 13.1. The zero-order valence-electron chi connectivity index (χ0n) is 11.2. The van der Waals surface area contributed by atoms with Gasteiger partial charge in [0.15, 0.2) is 0 Å². The van der Waals surface area contributed by atoms with Crippen LogP contribution in [0.25, 0.3) is 11.1 Å². The Morgan fingerprint density at radius 2 is 1.55 bits per heavy atom. The first-order valence-corrected chi connectivity index (χ1v) is 7.23. The van der Waals surface area contributed by atoms with E-state index in [1.807, 2.05) is 30.3 Å². The van der Waals surface area contributed by atoms with Gasteiger partial charge in [-0.3, -0.25) is 0 Å². The van der Waals surface area contributed by atoms with E-state index in [1.54, 1.807) is 0 Å². The van der Waals surface area contributed by atoms with Crippen molar-refractivity contribution in [3.63, 3.8) is 0 Å². The molecule has 0 spiro atoms. The molecule has 1 aliphatic rings. The summed E-state index contributed by atoms with van der Waals surface area (Å²) in [5.41, 5.74) is 12.0. The van der Waals surface area contributed by atoms with Crippen LogP contribution in [0, 0.1) is 0 Å². The molecule has 2 aromatic rings. The molecule has 0 fully saturated rings. The molecule has 100 valence electrons. The SMILES string of the molecule is NC1=C(c2ccccc2)C=C(c2ccccc2S)CC1. The van der Waals surface area contributed by atoms with E-state index in [9.17, 15) is 0 Å². The fourth-order valence-electron chi connectivity index (χ4n) is 2.59. The molecule has 3 rings (SSSR count). The zero-order chi connectivity index (χ0) is 13.9. The Morgan fingerprint density at radius 3 is 2.30 bits per heavy atom. The molecule has 2 aromatic carbocycles. The number of nitrogens with two attached hydrogens (primary N) is 1. The van der Waals surface area contributed by atoms with Crippen LogP contribution < -0.4 is 5.73 Å². The molecular weight excluding hydrogens is 262 g/mol. The first-order chi connectivity index (χ1) is 9.75. The highest BCUT2D eigenvalue weighted by molar-refractivity contribution is 7.80. The van der Waals surface area contributed by atoms with Gasteiger partial charge in [0.05, 0.1) is 0 Å². The van der Waals surface area contributed by atoms with E-state index < -0.39 is 0 Å². The van der Waals surface area contributed by atoms with E-state index >= 15 is 0 Å². The van der Waals surface area contributed by atoms with Crippen molar-refractivity contribution in [1.29, 1.82) is 0 Å². The van der Waals surface area contributed by atoms with Gasteiger partial charge < -0.3 is 5.73 Å². The highest BCUT2D eigenvalue weighted by atomic mass is 32.1. The molecule has 0 aromatic heterocycles. The second-order valence-corrected chi connectivity index (χ2v) is 5.47. The van der Waals surface area contributed by atoms with Crippen molar-refractivity contribution < 1.29 is 0 Å². The molecule has 0 unspecified atom stereocenters. The molecule has 0 saturated carbocycles. The van der Waals surface area contributed by atoms with Crippen LogP contribution in [0.15, 0.2) is 71.3 Å². The smallest absolute Gasteiger partial charge is 0.0163 e. The summed E-state index contributed by atoms with van der Waals surface area (Å²) in [4.78, 5) is 1.02. The summed E-state index contributed by atoms with van der Waals surface area (Å²) in [5, 5.41) is 0. The average Bonchev–Trinajstić information content (AvgIpc) is 2.49. The minimum absolute atomic E-state index is 0.901. The van der Waals surface area contributed by atoms with Crippen LogP contribution >= 0.6 is 12.6 Å². The van der Waals surface area contributed by atoms with Gasteiger partial charge in [0.25, 0.3) is 0 Å². The van der Waals surface area contributed by atoms with E-state index in [0.29, 0.717) is 0 Å². The number of hydrogen-bond acceptors (Lipinski definition) is 2. The molecular formula is C18H17NS. The molecule has 2 N–H and O–H groups in total. The van der Waals surface area contributed by atoms with Crippen molar-refractivity contribution in [2.75, 3.05) is 0 Å². The Balaban J connectivity index is 2.06. The minimum atomic E-state index is 0.901. The molecule has 1 aliphatic carbocycles. The number of hydrogen-bond donors (Lipinski definition) is 2. The first-order valence-electron chi connectivity index (χ1n) is 6.78. The van der Waals surface area contributed by atoms with Gasteiger partial charge >= 0.3 is 0 Å². The third-order valence-corrected chi connectivity index (χ3v) is 4.05. The van der Waals surface area contributed by atoms with Crippen molar-refractivity contribution in [2.24, 2.45) is 5.73 Å². The second kappa shape index (κ2) is 5.59. The topological polar surface area (TPSA) is 26.0 Å². The lowest BCUT2D eigenvalue weighted by Gasteiger charge is -2.19. The van der Waals surface area contributed by atoms with E-state index in [2.05, 4.69) is 43.0 Å². The lowest BCUT2D eigenvalue weighted by atomic mass is 9.89. The van der Waals surface area contributed by atoms with Gasteiger partial charge in [0.2, 0.25) is 0 Å². The predicted octanol–water partition coefficient (Wildman–Crippen LogP) is 4.52. The van der Waals surface area contributed by atoms with Crippen LogP contribution in [0.1, 0.15) is 24.0 Å². The zero-order valence-corrected chi connectivity index (χ0v) is 12.1. The Morgan fingerprint density at radius 1 is 0.850 bits per heavy atom. The summed E-state index contributed by atoms with van der Waals surface area (Å²) in [6, 6.07) is 18.5. The molecule has 0 amide bonds. The molecule has 0 radical (unpaired) electrons. The van der Waals surface area contributed by atoms with E-state index in [1.165, 1.54) is 16.7 Å². The third kappa shape index (κ3) is 2.52. The van der Waals surface area contributed by atoms with Crippen LogP contribution in [-0.2, 0) is 0 Å². The fourth-order valence-corrected chi connectivity index (χ4v) is 2.89. The quantitative estimate of drug-likeness (QED) is 0.776. The van der Waals surface area contributed by atoms with Gasteiger partial charge in [-0.1, -0.05) is 48.5 Å². The molecule has 0 saturated heterocycles. The highest BCUT2D eigenvalue weighted by Gasteiger charge is 2.15. The van der Waals surface area contributed by atoms with Crippen LogP contribution in [0.4, 0.5) is 0 Å². The van der Waals surface area contributed by atoms with Crippen molar-refractivity contribution in [3.8, 4) is 0 Å². The third-order valence-electron chi connectivity index (χ3n) is 3.66. The number of allylic oxidation sites excluding steroid dienone is 4. The summed E-state index contributed by atoms with van der Waals surface area (Å²) in [6.07, 6.45) is 4.08. The Hall–Kier alpha value is -1.93. The van der Waals surface area contributed by atoms with Crippen LogP contribution in [0.3, 0.4) is 0 Å². The Bertz CT molecular complexity index is 684. The number of benzene rings is 2. The van der Waals surface area contributed by atoms with Crippen molar-refractivity contribution in [1.82, 2.24) is 0 Å². The summed E-state index contributed by atoms with van der Waals surface area (Å²) in [6.45, 7) is 0. The van der Waals surface area contributed by atoms with Crippen molar-refractivity contribution in [3.05, 3.63) is 77.5 Å². The Kier molecular flexibility index (Phi) is 3.66. The summed E-state index contributed by atoms with van der Waals surface area (Å²) in [5.74, 6) is 0. The molecule has 2 heteroatoms. The van der Waals surface area contributed by atoms with Crippen molar-refractivity contribution in [2.45, 2.75) is 17.7 Å². The normalized spacial score (nSPS) is 15.2. The number of rotatable bonds is 2. The largest absolute Gasteiger partial charge is 0.402 e. The van der Waals surface area contributed by atoms with Crippen LogP contribution in [-0.4, -0.2) is 0 Å². The van der Waals surface area contributed by atoms with Gasteiger partial charge in [0.1, 0.15) is 0 Å². The highest BCUT2D eigenvalue weighted by Crippen LogP contribution is 2.35. The summed E-state index contributed by atoms with van der Waals surface area (Å²) in [7, 11) is 0. The molecule has 1 nitrogen and oxygen atoms in total. The number of thiol groups is 1. The summed E-state index contributed by atoms with van der Waals surface area (Å²) >= 11 is 4.56. The van der Waals surface area contributed by atoms with E-state index in [0.717, 1.165) is 29.0 Å². The van der Waals surface area contributed by atoms with Crippen LogP contribution in [0.5, 0.6) is 0 Å². The molecule has 0 atom stereocenters. The fraction of sp³-hybridized carbons (Fsp3) is 0.111. The maximum Gasteiger partial charge on any atom is 0.0163 e. The van der Waals surface area contributed by atoms with Crippen LogP contribution in [0.2, 0.25) is 0 Å². The lowest BCUT2D eigenvalue weighted by Crippen LogP contribution is -2.06.